The van der Waals surface area contributed by atoms with Crippen LogP contribution >= 0.6 is 0 Å². The maximum atomic E-state index is 11.7. The number of hydrogen-bond donors (Lipinski definition) is 0. The Kier molecular flexibility index (Phi) is 34.7. The highest BCUT2D eigenvalue weighted by molar-refractivity contribution is 5.59. The Bertz CT molecular complexity index is 540. The Hall–Kier alpha value is -1.25. The molecular formula is C37H70O3. The first kappa shape index (κ1) is 38.8. The van der Waals surface area contributed by atoms with Crippen LogP contribution in [0, 0.1) is 0 Å². The summed E-state index contributed by atoms with van der Waals surface area (Å²) in [7, 11) is 0. The molecule has 0 heterocycles. The molecule has 3 nitrogen and oxygen atoms in total. The standard InChI is InChI=1S/C37H70O3/c1-3-5-7-9-11-13-15-17-18-19-20-21-22-23-24-26-28-30-32-34-36-40-37(38)39-35-33-31-29-27-25-16-14-12-10-8-6-4-2/h10,12,17-18H,3-9,11,13-16,19-36H2,1-2H3/b12-10-,18-17-. The summed E-state index contributed by atoms with van der Waals surface area (Å²) < 4.78 is 10.4. The second-order valence-electron chi connectivity index (χ2n) is 11.8. The number of unbranched alkanes of at least 4 members (excludes halogenated alkanes) is 24. The first-order chi connectivity index (χ1) is 19.8. The molecular weight excluding hydrogens is 492 g/mol. The number of hydrogen-bond acceptors (Lipinski definition) is 3. The molecule has 0 aliphatic rings. The van der Waals surface area contributed by atoms with Crippen LogP contribution in [-0.2, 0) is 9.47 Å². The van der Waals surface area contributed by atoms with Crippen LogP contribution in [-0.4, -0.2) is 19.4 Å². The van der Waals surface area contributed by atoms with Crippen LogP contribution in [0.3, 0.4) is 0 Å². The van der Waals surface area contributed by atoms with E-state index in [1.54, 1.807) is 0 Å². The van der Waals surface area contributed by atoms with Gasteiger partial charge in [-0.25, -0.2) is 4.79 Å². The lowest BCUT2D eigenvalue weighted by Crippen LogP contribution is -2.09. The largest absolute Gasteiger partial charge is 0.508 e. The van der Waals surface area contributed by atoms with Gasteiger partial charge in [-0.1, -0.05) is 160 Å². The first-order valence-electron chi connectivity index (χ1n) is 17.9. The fourth-order valence-corrected chi connectivity index (χ4v) is 5.04. The van der Waals surface area contributed by atoms with E-state index in [0.29, 0.717) is 13.2 Å². The number of allylic oxidation sites excluding steroid dienone is 4. The number of rotatable bonds is 32. The molecule has 0 aliphatic carbocycles. The highest BCUT2D eigenvalue weighted by Crippen LogP contribution is 2.13. The normalized spacial score (nSPS) is 11.7. The summed E-state index contributed by atoms with van der Waals surface area (Å²) in [6.45, 7) is 5.52. The highest BCUT2D eigenvalue weighted by Gasteiger charge is 2.03. The molecule has 0 aromatic rings. The van der Waals surface area contributed by atoms with E-state index in [0.717, 1.165) is 25.7 Å². The minimum absolute atomic E-state index is 0.483. The summed E-state index contributed by atoms with van der Waals surface area (Å²) in [5, 5.41) is 0. The average Bonchev–Trinajstić information content (AvgIpc) is 2.96. The summed E-state index contributed by atoms with van der Waals surface area (Å²) in [4.78, 5) is 11.7. The van der Waals surface area contributed by atoms with Gasteiger partial charge in [0.15, 0.2) is 0 Å². The molecule has 0 amide bonds. The van der Waals surface area contributed by atoms with Gasteiger partial charge in [0.2, 0.25) is 0 Å². The summed E-state index contributed by atoms with van der Waals surface area (Å²) in [5.41, 5.74) is 0. The smallest absolute Gasteiger partial charge is 0.434 e. The zero-order valence-electron chi connectivity index (χ0n) is 27.2. The molecule has 0 saturated carbocycles. The van der Waals surface area contributed by atoms with E-state index in [1.807, 2.05) is 0 Å². The summed E-state index contributed by atoms with van der Waals surface area (Å²) in [6.07, 6.45) is 45.0. The van der Waals surface area contributed by atoms with Gasteiger partial charge in [0.05, 0.1) is 13.2 Å². The Morgan fingerprint density at radius 1 is 0.375 bits per heavy atom. The van der Waals surface area contributed by atoms with Crippen molar-refractivity contribution in [2.75, 3.05) is 13.2 Å². The van der Waals surface area contributed by atoms with Crippen LogP contribution in [0.5, 0.6) is 0 Å². The van der Waals surface area contributed by atoms with Crippen molar-refractivity contribution in [3.05, 3.63) is 24.3 Å². The zero-order valence-corrected chi connectivity index (χ0v) is 27.2. The van der Waals surface area contributed by atoms with Gasteiger partial charge in [-0.2, -0.15) is 0 Å². The molecule has 0 aromatic heterocycles. The molecule has 40 heavy (non-hydrogen) atoms. The predicted molar refractivity (Wildman–Crippen MR) is 176 cm³/mol. The Morgan fingerprint density at radius 3 is 1.00 bits per heavy atom. The topological polar surface area (TPSA) is 35.5 Å². The lowest BCUT2D eigenvalue weighted by molar-refractivity contribution is 0.0529. The lowest BCUT2D eigenvalue weighted by atomic mass is 10.1. The van der Waals surface area contributed by atoms with Gasteiger partial charge in [-0.15, -0.1) is 0 Å². The van der Waals surface area contributed by atoms with Gasteiger partial charge in [0.25, 0.3) is 0 Å². The van der Waals surface area contributed by atoms with Gasteiger partial charge in [0, 0.05) is 0 Å². The second kappa shape index (κ2) is 35.8. The van der Waals surface area contributed by atoms with Gasteiger partial charge in [-0.05, 0) is 57.8 Å². The molecule has 0 fully saturated rings. The summed E-state index contributed by atoms with van der Waals surface area (Å²) in [5.74, 6) is 0. The molecule has 0 aromatic carbocycles. The Morgan fingerprint density at radius 2 is 0.650 bits per heavy atom. The molecule has 236 valence electrons. The summed E-state index contributed by atoms with van der Waals surface area (Å²) in [6, 6.07) is 0. The van der Waals surface area contributed by atoms with Crippen molar-refractivity contribution in [1.82, 2.24) is 0 Å². The van der Waals surface area contributed by atoms with Crippen molar-refractivity contribution in [2.45, 2.75) is 194 Å². The van der Waals surface area contributed by atoms with E-state index in [9.17, 15) is 4.79 Å². The van der Waals surface area contributed by atoms with E-state index in [2.05, 4.69) is 38.2 Å². The molecule has 0 radical (unpaired) electrons. The van der Waals surface area contributed by atoms with Crippen LogP contribution in [0.25, 0.3) is 0 Å². The Labute approximate surface area is 251 Å². The maximum Gasteiger partial charge on any atom is 0.508 e. The fourth-order valence-electron chi connectivity index (χ4n) is 5.04. The van der Waals surface area contributed by atoms with Crippen molar-refractivity contribution >= 4 is 6.16 Å². The van der Waals surface area contributed by atoms with Gasteiger partial charge in [-0.3, -0.25) is 0 Å². The average molecular weight is 563 g/mol. The van der Waals surface area contributed by atoms with Crippen LogP contribution in [0.15, 0.2) is 24.3 Å². The monoisotopic (exact) mass is 563 g/mol. The molecule has 0 bridgehead atoms. The van der Waals surface area contributed by atoms with E-state index in [4.69, 9.17) is 9.47 Å². The van der Waals surface area contributed by atoms with Crippen LogP contribution in [0.2, 0.25) is 0 Å². The van der Waals surface area contributed by atoms with E-state index in [-0.39, 0.29) is 0 Å². The van der Waals surface area contributed by atoms with Crippen LogP contribution in [0.4, 0.5) is 4.79 Å². The van der Waals surface area contributed by atoms with E-state index < -0.39 is 6.16 Å². The molecule has 0 unspecified atom stereocenters. The fraction of sp³-hybridized carbons (Fsp3) is 0.865. The SMILES string of the molecule is CCCC/C=C\CCCCCCCCOC(=O)OCCCCCCCCCCCC/C=C\CCCCCCCC. The van der Waals surface area contributed by atoms with E-state index >= 15 is 0 Å². The first-order valence-corrected chi connectivity index (χ1v) is 17.9. The maximum absolute atomic E-state index is 11.7. The van der Waals surface area contributed by atoms with E-state index in [1.165, 1.54) is 154 Å². The number of carbonyl (C=O) groups excluding carboxylic acids is 1. The van der Waals surface area contributed by atoms with Crippen molar-refractivity contribution in [3.8, 4) is 0 Å². The third-order valence-corrected chi connectivity index (χ3v) is 7.75. The minimum Gasteiger partial charge on any atom is -0.434 e. The molecule has 0 atom stereocenters. The number of carbonyl (C=O) groups is 1. The zero-order chi connectivity index (χ0) is 29.0. The summed E-state index contributed by atoms with van der Waals surface area (Å²) >= 11 is 0. The molecule has 0 rings (SSSR count). The lowest BCUT2D eigenvalue weighted by Gasteiger charge is -2.06. The van der Waals surface area contributed by atoms with Crippen molar-refractivity contribution in [2.24, 2.45) is 0 Å². The second-order valence-corrected chi connectivity index (χ2v) is 11.8. The van der Waals surface area contributed by atoms with Crippen LogP contribution in [0.1, 0.15) is 194 Å². The van der Waals surface area contributed by atoms with Gasteiger partial charge in [0.1, 0.15) is 0 Å². The minimum atomic E-state index is -0.483. The van der Waals surface area contributed by atoms with Gasteiger partial charge >= 0.3 is 6.16 Å². The van der Waals surface area contributed by atoms with Crippen molar-refractivity contribution in [1.29, 1.82) is 0 Å². The van der Waals surface area contributed by atoms with Crippen molar-refractivity contribution < 1.29 is 14.3 Å². The quantitative estimate of drug-likeness (QED) is 0.0464. The van der Waals surface area contributed by atoms with Gasteiger partial charge < -0.3 is 9.47 Å². The van der Waals surface area contributed by atoms with Crippen LogP contribution < -0.4 is 0 Å². The molecule has 3 heteroatoms. The van der Waals surface area contributed by atoms with Crippen molar-refractivity contribution in [3.63, 3.8) is 0 Å². The number of ether oxygens (including phenoxy) is 2. The highest BCUT2D eigenvalue weighted by atomic mass is 16.7. The molecule has 0 saturated heterocycles. The third-order valence-electron chi connectivity index (χ3n) is 7.75. The third kappa shape index (κ3) is 34.8. The molecule has 0 spiro atoms. The predicted octanol–water partition coefficient (Wildman–Crippen LogP) is 13.2. The molecule has 0 N–H and O–H groups in total. The Balaban J connectivity index is 3.19. The molecule has 0 aliphatic heterocycles.